The van der Waals surface area contributed by atoms with Crippen LogP contribution in [-0.2, 0) is 19.2 Å². The molecule has 0 unspecified atom stereocenters. The number of hydrogen-bond donors (Lipinski definition) is 4. The number of aryl methyl sites for hydroxylation is 1. The van der Waals surface area contributed by atoms with Crippen LogP contribution in [0.3, 0.4) is 0 Å². The van der Waals surface area contributed by atoms with Crippen LogP contribution >= 0.6 is 0 Å². The number of amides is 1. The first-order chi connectivity index (χ1) is 17.9. The number of nitrogens with one attached hydrogen (secondary N) is 2. The van der Waals surface area contributed by atoms with Crippen LogP contribution in [0, 0.1) is 12.8 Å². The lowest BCUT2D eigenvalue weighted by atomic mass is 9.97. The Morgan fingerprint density at radius 2 is 1.95 bits per heavy atom. The molecule has 1 aliphatic rings. The summed E-state index contributed by atoms with van der Waals surface area (Å²) >= 11 is 0. The lowest BCUT2D eigenvalue weighted by Gasteiger charge is -2.21. The Hall–Kier alpha value is -3.07. The minimum absolute atomic E-state index is 0. The summed E-state index contributed by atoms with van der Waals surface area (Å²) in [6.45, 7) is 4.49. The Bertz CT molecular complexity index is 927. The van der Waals surface area contributed by atoms with Gasteiger partial charge in [0.05, 0.1) is 0 Å². The molecule has 0 fully saturated rings. The Balaban J connectivity index is -0.000000935. The summed E-state index contributed by atoms with van der Waals surface area (Å²) in [5.41, 5.74) is 18.5. The average Bonchev–Trinajstić information content (AvgIpc) is 2.86. The van der Waals surface area contributed by atoms with Gasteiger partial charge in [-0.1, -0.05) is 55.5 Å². The topological polar surface area (TPSA) is 137 Å². The first-order valence-electron chi connectivity index (χ1n) is 13.0. The van der Waals surface area contributed by atoms with Gasteiger partial charge in [-0.3, -0.25) is 9.63 Å². The molecule has 6 N–H and O–H groups in total. The maximum atomic E-state index is 13.0. The smallest absolute Gasteiger partial charge is 0.239 e. The first-order valence-corrected chi connectivity index (χ1v) is 13.0. The molecule has 0 spiro atoms. The van der Waals surface area contributed by atoms with Crippen LogP contribution in [0.4, 0.5) is 0 Å². The Morgan fingerprint density at radius 1 is 1.21 bits per heavy atom. The fraction of sp³-hybridized carbons (Fsp3) is 0.500. The SMILES string of the molecule is C.CC=O.Cc1ccccc1/C=C(\N)CON[C@@H](C/C1=C/C=C/CCCC1)C(=O)NCC[C@@H](C=O)CCN.[HH].[HH].[HH]. The molecular weight excluding hydrogens is 480 g/mol. The number of benzene rings is 1. The van der Waals surface area contributed by atoms with E-state index in [1.54, 1.807) is 0 Å². The maximum absolute atomic E-state index is 13.0. The molecule has 0 aromatic heterocycles. The van der Waals surface area contributed by atoms with Crippen molar-refractivity contribution in [3.63, 3.8) is 0 Å². The summed E-state index contributed by atoms with van der Waals surface area (Å²) in [6, 6.07) is 7.41. The summed E-state index contributed by atoms with van der Waals surface area (Å²) in [5.74, 6) is -0.302. The maximum Gasteiger partial charge on any atom is 0.239 e. The van der Waals surface area contributed by atoms with Crippen molar-refractivity contribution in [1.29, 1.82) is 0 Å². The summed E-state index contributed by atoms with van der Waals surface area (Å²) in [6.07, 6.45) is 15.9. The predicted molar refractivity (Wildman–Crippen MR) is 162 cm³/mol. The molecule has 0 saturated heterocycles. The number of hydrogen-bond acceptors (Lipinski definition) is 7. The molecule has 1 aliphatic carbocycles. The minimum Gasteiger partial charge on any atom is -0.400 e. The van der Waals surface area contributed by atoms with Gasteiger partial charge in [0, 0.05) is 22.4 Å². The quantitative estimate of drug-likeness (QED) is 0.197. The van der Waals surface area contributed by atoms with Crippen LogP contribution in [0.1, 0.15) is 74.7 Å². The summed E-state index contributed by atoms with van der Waals surface area (Å²) < 4.78 is 0. The van der Waals surface area contributed by atoms with Gasteiger partial charge in [-0.2, -0.15) is 5.48 Å². The molecule has 2 rings (SSSR count). The monoisotopic (exact) mass is 534 g/mol. The largest absolute Gasteiger partial charge is 0.400 e. The van der Waals surface area contributed by atoms with E-state index in [1.807, 2.05) is 37.3 Å². The Morgan fingerprint density at radius 3 is 2.63 bits per heavy atom. The molecule has 38 heavy (non-hydrogen) atoms. The molecule has 0 aliphatic heterocycles. The second-order valence-corrected chi connectivity index (χ2v) is 9.03. The van der Waals surface area contributed by atoms with E-state index in [0.29, 0.717) is 38.0 Å². The van der Waals surface area contributed by atoms with Crippen molar-refractivity contribution in [2.75, 3.05) is 19.7 Å². The van der Waals surface area contributed by atoms with Crippen molar-refractivity contribution in [3.8, 4) is 0 Å². The molecule has 8 heteroatoms. The summed E-state index contributed by atoms with van der Waals surface area (Å²) in [7, 11) is 0. The highest BCUT2D eigenvalue weighted by atomic mass is 16.6. The van der Waals surface area contributed by atoms with E-state index in [2.05, 4.69) is 29.0 Å². The fourth-order valence-corrected chi connectivity index (χ4v) is 3.83. The zero-order valence-electron chi connectivity index (χ0n) is 22.3. The number of carbonyl (C=O) groups is 3. The van der Waals surface area contributed by atoms with Gasteiger partial charge >= 0.3 is 0 Å². The Labute approximate surface area is 233 Å². The molecule has 0 heterocycles. The molecule has 0 saturated carbocycles. The third kappa shape index (κ3) is 15.2. The standard InChI is InChI=1S/C27H40N4O3.C2H4O.CH4.3H2/c1-21-9-7-8-12-24(21)18-25(29)20-34-31-26(17-22-10-5-3-2-4-6-11-22)27(33)30-16-14-23(19-32)13-15-28;1-2-3;;;;/h3,5,7-10,12,18-19,23,26,31H,2,4,6,11,13-17,20,28-29H2,1H3,(H,30,33);2H,1H3;1H4;3*1H/b5-3+,22-10+,25-18-;;;;;/t23-,26-;;;;;/m0...../s1. The first kappa shape index (κ1) is 34.9. The van der Waals surface area contributed by atoms with Crippen LogP contribution in [0.15, 0.2) is 53.8 Å². The molecular formula is C30H54N4O4. The molecule has 1 aromatic carbocycles. The van der Waals surface area contributed by atoms with Gasteiger partial charge in [0.15, 0.2) is 0 Å². The van der Waals surface area contributed by atoms with Crippen molar-refractivity contribution in [2.24, 2.45) is 17.4 Å². The van der Waals surface area contributed by atoms with Crippen molar-refractivity contribution >= 4 is 24.6 Å². The number of carbonyl (C=O) groups excluding carboxylic acids is 3. The number of allylic oxidation sites excluding steroid dienone is 3. The number of rotatable bonds is 14. The van der Waals surface area contributed by atoms with Gasteiger partial charge < -0.3 is 26.4 Å². The van der Waals surface area contributed by atoms with E-state index >= 15 is 0 Å². The highest BCUT2D eigenvalue weighted by Gasteiger charge is 2.20. The number of hydroxylamine groups is 1. The van der Waals surface area contributed by atoms with Crippen LogP contribution < -0.4 is 22.3 Å². The molecule has 2 atom stereocenters. The van der Waals surface area contributed by atoms with Gasteiger partial charge in [0.1, 0.15) is 25.2 Å². The number of nitrogens with two attached hydrogens (primary N) is 2. The molecule has 1 aromatic rings. The molecule has 0 radical (unpaired) electrons. The van der Waals surface area contributed by atoms with E-state index in [0.717, 1.165) is 49.4 Å². The van der Waals surface area contributed by atoms with Gasteiger partial charge in [-0.25, -0.2) is 0 Å². The van der Waals surface area contributed by atoms with Gasteiger partial charge in [0.2, 0.25) is 5.91 Å². The van der Waals surface area contributed by atoms with E-state index in [4.69, 9.17) is 21.1 Å². The third-order valence-electron chi connectivity index (χ3n) is 5.91. The van der Waals surface area contributed by atoms with Crippen molar-refractivity contribution in [1.82, 2.24) is 10.8 Å². The lowest BCUT2D eigenvalue weighted by molar-refractivity contribution is -0.127. The third-order valence-corrected chi connectivity index (χ3v) is 5.91. The van der Waals surface area contributed by atoms with Crippen LogP contribution in [0.5, 0.6) is 0 Å². The van der Waals surface area contributed by atoms with Crippen LogP contribution in [0.25, 0.3) is 6.08 Å². The average molecular weight is 535 g/mol. The summed E-state index contributed by atoms with van der Waals surface area (Å²) in [5, 5.41) is 2.94. The van der Waals surface area contributed by atoms with Crippen LogP contribution in [0.2, 0.25) is 0 Å². The zero-order valence-corrected chi connectivity index (χ0v) is 22.3. The van der Waals surface area contributed by atoms with Crippen molar-refractivity contribution < 1.29 is 23.5 Å². The lowest BCUT2D eigenvalue weighted by Crippen LogP contribution is -2.45. The highest BCUT2D eigenvalue weighted by molar-refractivity contribution is 5.82. The Kier molecular flexibility index (Phi) is 20.2. The molecule has 218 valence electrons. The molecule has 1 amide bonds. The molecule has 8 nitrogen and oxygen atoms in total. The van der Waals surface area contributed by atoms with Crippen LogP contribution in [-0.4, -0.2) is 44.2 Å². The van der Waals surface area contributed by atoms with Gasteiger partial charge in [0.25, 0.3) is 0 Å². The predicted octanol–water partition coefficient (Wildman–Crippen LogP) is 4.88. The summed E-state index contributed by atoms with van der Waals surface area (Å²) in [4.78, 5) is 38.6. The van der Waals surface area contributed by atoms with Crippen molar-refractivity contribution in [3.05, 3.63) is 64.9 Å². The van der Waals surface area contributed by atoms with E-state index in [9.17, 15) is 9.59 Å². The minimum atomic E-state index is -0.561. The second kappa shape index (κ2) is 22.0. The molecule has 0 bridgehead atoms. The second-order valence-electron chi connectivity index (χ2n) is 9.03. The van der Waals surface area contributed by atoms with Gasteiger partial charge in [-0.05, 0) is 82.5 Å². The zero-order chi connectivity index (χ0) is 27.3. The van der Waals surface area contributed by atoms with Crippen molar-refractivity contribution in [2.45, 2.75) is 72.3 Å². The normalized spacial score (nSPS) is 17.0. The highest BCUT2D eigenvalue weighted by Crippen LogP contribution is 2.18. The van der Waals surface area contributed by atoms with E-state index in [-0.39, 0.29) is 30.1 Å². The van der Waals surface area contributed by atoms with E-state index in [1.165, 1.54) is 12.5 Å². The van der Waals surface area contributed by atoms with Gasteiger partial charge in [-0.15, -0.1) is 0 Å². The fourth-order valence-electron chi connectivity index (χ4n) is 3.83. The number of aldehydes is 2. The van der Waals surface area contributed by atoms with E-state index < -0.39 is 6.04 Å².